The quantitative estimate of drug-likeness (QED) is 0.669. The van der Waals surface area contributed by atoms with E-state index in [2.05, 4.69) is 15.5 Å². The Morgan fingerprint density at radius 2 is 1.96 bits per heavy atom. The average Bonchev–Trinajstić information content (AvgIpc) is 2.94. The Labute approximate surface area is 153 Å². The van der Waals surface area contributed by atoms with Gasteiger partial charge in [0.1, 0.15) is 0 Å². The lowest BCUT2D eigenvalue weighted by molar-refractivity contribution is 0.0950. The van der Waals surface area contributed by atoms with Gasteiger partial charge in [0, 0.05) is 10.7 Å². The van der Waals surface area contributed by atoms with Gasteiger partial charge in [-0.05, 0) is 42.5 Å². The van der Waals surface area contributed by atoms with Crippen molar-refractivity contribution >= 4 is 41.3 Å². The van der Waals surface area contributed by atoms with Crippen LogP contribution in [0.25, 0.3) is 5.69 Å². The summed E-state index contributed by atoms with van der Waals surface area (Å²) in [5.41, 5.74) is 1.21. The molecule has 0 saturated heterocycles. The highest BCUT2D eigenvalue weighted by Gasteiger charge is 2.13. The number of amides is 1. The highest BCUT2D eigenvalue weighted by Crippen LogP contribution is 2.21. The highest BCUT2D eigenvalue weighted by atomic mass is 35.5. The number of para-hydroxylation sites is 1. The summed E-state index contributed by atoms with van der Waals surface area (Å²) in [6.45, 7) is 0.194. The molecule has 0 fully saturated rings. The third kappa shape index (κ3) is 3.51. The molecule has 0 aliphatic carbocycles. The van der Waals surface area contributed by atoms with Crippen LogP contribution in [0, 0.1) is 4.77 Å². The van der Waals surface area contributed by atoms with Crippen molar-refractivity contribution < 1.29 is 4.79 Å². The first-order valence-corrected chi connectivity index (χ1v) is 8.17. The van der Waals surface area contributed by atoms with Gasteiger partial charge in [-0.1, -0.05) is 41.4 Å². The predicted molar refractivity (Wildman–Crippen MR) is 96.4 cm³/mol. The molecule has 0 spiro atoms. The third-order valence-corrected chi connectivity index (χ3v) is 4.16. The first-order chi connectivity index (χ1) is 11.6. The summed E-state index contributed by atoms with van der Waals surface area (Å²) in [6.07, 6.45) is 0. The van der Waals surface area contributed by atoms with E-state index in [0.29, 0.717) is 26.2 Å². The summed E-state index contributed by atoms with van der Waals surface area (Å²) in [7, 11) is 0. The van der Waals surface area contributed by atoms with E-state index in [9.17, 15) is 4.79 Å². The average molecular weight is 379 g/mol. The number of aromatic amines is 1. The zero-order valence-corrected chi connectivity index (χ0v) is 14.6. The largest absolute Gasteiger partial charge is 0.345 e. The number of carbonyl (C=O) groups excluding carboxylic acids is 1. The molecule has 0 saturated carbocycles. The molecule has 122 valence electrons. The van der Waals surface area contributed by atoms with E-state index in [1.165, 1.54) is 6.07 Å². The topological polar surface area (TPSA) is 62.7 Å². The molecule has 0 radical (unpaired) electrons. The fourth-order valence-corrected chi connectivity index (χ4v) is 2.97. The summed E-state index contributed by atoms with van der Waals surface area (Å²) >= 11 is 17.1. The van der Waals surface area contributed by atoms with E-state index >= 15 is 0 Å². The van der Waals surface area contributed by atoms with Crippen LogP contribution < -0.4 is 5.32 Å². The van der Waals surface area contributed by atoms with Crippen LogP contribution in [0.5, 0.6) is 0 Å². The monoisotopic (exact) mass is 378 g/mol. The van der Waals surface area contributed by atoms with Gasteiger partial charge in [-0.3, -0.25) is 14.5 Å². The zero-order valence-electron chi connectivity index (χ0n) is 12.3. The Hall–Kier alpha value is -2.15. The molecule has 1 amide bonds. The molecule has 0 atom stereocenters. The summed E-state index contributed by atoms with van der Waals surface area (Å²) in [5, 5.41) is 10.5. The van der Waals surface area contributed by atoms with E-state index < -0.39 is 0 Å². The van der Waals surface area contributed by atoms with Crippen LogP contribution in [0.15, 0.2) is 48.5 Å². The summed E-state index contributed by atoms with van der Waals surface area (Å²) in [5.74, 6) is 0.273. The SMILES string of the molecule is O=C(NCc1n[nH]c(=S)n1-c1ccccc1)c1ccc(Cl)cc1Cl. The molecule has 2 N–H and O–H groups in total. The fourth-order valence-electron chi connectivity index (χ4n) is 2.22. The molecular weight excluding hydrogens is 367 g/mol. The van der Waals surface area contributed by atoms with E-state index in [4.69, 9.17) is 35.4 Å². The van der Waals surface area contributed by atoms with Gasteiger partial charge in [0.05, 0.1) is 17.1 Å². The number of carbonyl (C=O) groups is 1. The number of H-pyrrole nitrogens is 1. The van der Waals surface area contributed by atoms with Crippen molar-refractivity contribution in [3.63, 3.8) is 0 Å². The second-order valence-corrected chi connectivity index (χ2v) is 6.15. The van der Waals surface area contributed by atoms with E-state index in [0.717, 1.165) is 5.69 Å². The van der Waals surface area contributed by atoms with Crippen LogP contribution >= 0.6 is 35.4 Å². The number of hydrogen-bond donors (Lipinski definition) is 2. The van der Waals surface area contributed by atoms with Gasteiger partial charge in [0.15, 0.2) is 10.6 Å². The van der Waals surface area contributed by atoms with Crippen molar-refractivity contribution in [2.75, 3.05) is 0 Å². The maximum absolute atomic E-state index is 12.3. The molecule has 2 aromatic carbocycles. The molecule has 24 heavy (non-hydrogen) atoms. The van der Waals surface area contributed by atoms with Gasteiger partial charge < -0.3 is 5.32 Å². The maximum atomic E-state index is 12.3. The Balaban J connectivity index is 1.81. The number of nitrogens with one attached hydrogen (secondary N) is 2. The molecule has 5 nitrogen and oxygen atoms in total. The lowest BCUT2D eigenvalue weighted by atomic mass is 10.2. The molecule has 1 aromatic heterocycles. The van der Waals surface area contributed by atoms with Gasteiger partial charge >= 0.3 is 0 Å². The van der Waals surface area contributed by atoms with Gasteiger partial charge in [0.2, 0.25) is 0 Å². The Morgan fingerprint density at radius 1 is 1.21 bits per heavy atom. The molecule has 8 heteroatoms. The van der Waals surface area contributed by atoms with E-state index in [1.807, 2.05) is 30.3 Å². The lowest BCUT2D eigenvalue weighted by Gasteiger charge is -2.09. The number of hydrogen-bond acceptors (Lipinski definition) is 3. The zero-order chi connectivity index (χ0) is 17.1. The minimum Gasteiger partial charge on any atom is -0.345 e. The van der Waals surface area contributed by atoms with Crippen molar-refractivity contribution in [2.45, 2.75) is 6.54 Å². The van der Waals surface area contributed by atoms with E-state index in [-0.39, 0.29) is 12.5 Å². The minimum absolute atomic E-state index is 0.194. The maximum Gasteiger partial charge on any atom is 0.253 e. The molecule has 3 rings (SSSR count). The minimum atomic E-state index is -0.315. The van der Waals surface area contributed by atoms with Gasteiger partial charge in [-0.15, -0.1) is 0 Å². The highest BCUT2D eigenvalue weighted by molar-refractivity contribution is 7.71. The molecule has 3 aromatic rings. The molecule has 0 aliphatic rings. The van der Waals surface area contributed by atoms with Gasteiger partial charge in [-0.2, -0.15) is 5.10 Å². The molecule has 1 heterocycles. The van der Waals surface area contributed by atoms with Crippen molar-refractivity contribution in [2.24, 2.45) is 0 Å². The fraction of sp³-hybridized carbons (Fsp3) is 0.0625. The van der Waals surface area contributed by atoms with Crippen LogP contribution in [-0.4, -0.2) is 20.7 Å². The first-order valence-electron chi connectivity index (χ1n) is 7.01. The standard InChI is InChI=1S/C16H12Cl2N4OS/c17-10-6-7-12(13(18)8-10)15(23)19-9-14-20-21-16(24)22(14)11-4-2-1-3-5-11/h1-8H,9H2,(H,19,23)(H,21,24). The van der Waals surface area contributed by atoms with Crippen LogP contribution in [-0.2, 0) is 6.54 Å². The Bertz CT molecular complexity index is 937. The smallest absolute Gasteiger partial charge is 0.253 e. The number of rotatable bonds is 4. The first kappa shape index (κ1) is 16.7. The second-order valence-electron chi connectivity index (χ2n) is 4.92. The molecule has 0 unspecified atom stereocenters. The number of nitrogens with zero attached hydrogens (tertiary/aromatic N) is 2. The van der Waals surface area contributed by atoms with Gasteiger partial charge in [-0.25, -0.2) is 0 Å². The summed E-state index contributed by atoms with van der Waals surface area (Å²) in [4.78, 5) is 12.3. The van der Waals surface area contributed by atoms with Crippen LogP contribution in [0.3, 0.4) is 0 Å². The number of halogens is 2. The molecule has 0 bridgehead atoms. The second kappa shape index (κ2) is 7.17. The van der Waals surface area contributed by atoms with E-state index in [1.54, 1.807) is 16.7 Å². The molecular formula is C16H12Cl2N4OS. The van der Waals surface area contributed by atoms with Crippen molar-refractivity contribution in [3.05, 3.63) is 74.7 Å². The summed E-state index contributed by atoms with van der Waals surface area (Å²) < 4.78 is 2.22. The van der Waals surface area contributed by atoms with Crippen LogP contribution in [0.1, 0.15) is 16.2 Å². The number of aromatic nitrogens is 3. The van der Waals surface area contributed by atoms with Crippen molar-refractivity contribution in [3.8, 4) is 5.69 Å². The van der Waals surface area contributed by atoms with Gasteiger partial charge in [0.25, 0.3) is 5.91 Å². The van der Waals surface area contributed by atoms with Crippen LogP contribution in [0.4, 0.5) is 0 Å². The normalized spacial score (nSPS) is 10.6. The molecule has 0 aliphatic heterocycles. The Kier molecular flexibility index (Phi) is 4.99. The number of benzene rings is 2. The Morgan fingerprint density at radius 3 is 2.67 bits per heavy atom. The summed E-state index contributed by atoms with van der Waals surface area (Å²) in [6, 6.07) is 14.3. The predicted octanol–water partition coefficient (Wildman–Crippen LogP) is 4.17. The van der Waals surface area contributed by atoms with Crippen LogP contribution in [0.2, 0.25) is 10.0 Å². The lowest BCUT2D eigenvalue weighted by Crippen LogP contribution is -2.24. The van der Waals surface area contributed by atoms with Crippen molar-refractivity contribution in [1.82, 2.24) is 20.1 Å². The van der Waals surface area contributed by atoms with Crippen molar-refractivity contribution in [1.29, 1.82) is 0 Å². The third-order valence-electron chi connectivity index (χ3n) is 3.34.